The van der Waals surface area contributed by atoms with Gasteiger partial charge in [0.05, 0.1) is 0 Å². The fourth-order valence-corrected chi connectivity index (χ4v) is 2.28. The smallest absolute Gasteiger partial charge is 0.124 e. The van der Waals surface area contributed by atoms with Crippen molar-refractivity contribution in [3.8, 4) is 0 Å². The second-order valence-electron chi connectivity index (χ2n) is 3.02. The number of alkyl halides is 1. The molecule has 1 aromatic carbocycles. The molecule has 12 heavy (non-hydrogen) atoms. The number of hydrogen-bond acceptors (Lipinski definition) is 0. The van der Waals surface area contributed by atoms with Crippen LogP contribution in [-0.4, -0.2) is 4.83 Å². The van der Waals surface area contributed by atoms with Crippen molar-refractivity contribution in [2.75, 3.05) is 0 Å². The summed E-state index contributed by atoms with van der Waals surface area (Å²) < 4.78 is 12.6. The van der Waals surface area contributed by atoms with Crippen LogP contribution in [0.3, 0.4) is 0 Å². The van der Waals surface area contributed by atoms with Crippen molar-refractivity contribution in [3.63, 3.8) is 0 Å². The van der Waals surface area contributed by atoms with E-state index in [0.29, 0.717) is 15.8 Å². The first-order valence-corrected chi connectivity index (χ1v) is 5.07. The lowest BCUT2D eigenvalue weighted by Gasteiger charge is -2.00. The van der Waals surface area contributed by atoms with Gasteiger partial charge in [-0.05, 0) is 30.0 Å². The fraction of sp³-hybridized carbons (Fsp3) is 0.333. The third kappa shape index (κ3) is 1.50. The molecule has 2 atom stereocenters. The maximum atomic E-state index is 12.6. The van der Waals surface area contributed by atoms with E-state index in [1.807, 2.05) is 0 Å². The van der Waals surface area contributed by atoms with Crippen molar-refractivity contribution in [1.82, 2.24) is 0 Å². The molecule has 1 fully saturated rings. The molecule has 3 heteroatoms. The van der Waals surface area contributed by atoms with Gasteiger partial charge in [-0.15, -0.1) is 0 Å². The summed E-state index contributed by atoms with van der Waals surface area (Å²) in [5.41, 5.74) is 1.06. The molecule has 0 radical (unpaired) electrons. The topological polar surface area (TPSA) is 0 Å². The summed E-state index contributed by atoms with van der Waals surface area (Å²) in [5.74, 6) is 0.216. The summed E-state index contributed by atoms with van der Waals surface area (Å²) in [6.45, 7) is 0. The van der Waals surface area contributed by atoms with Crippen LogP contribution in [0.25, 0.3) is 0 Å². The van der Waals surface area contributed by atoms with E-state index in [0.717, 1.165) is 12.0 Å². The molecule has 0 aliphatic heterocycles. The van der Waals surface area contributed by atoms with E-state index >= 15 is 0 Å². The van der Waals surface area contributed by atoms with Crippen molar-refractivity contribution in [1.29, 1.82) is 0 Å². The van der Waals surface area contributed by atoms with Gasteiger partial charge < -0.3 is 0 Å². The molecule has 0 N–H and O–H groups in total. The molecule has 1 aliphatic rings. The van der Waals surface area contributed by atoms with Gasteiger partial charge in [-0.2, -0.15) is 0 Å². The summed E-state index contributed by atoms with van der Waals surface area (Å²) in [6, 6.07) is 4.60. The molecule has 1 saturated carbocycles. The van der Waals surface area contributed by atoms with E-state index in [9.17, 15) is 4.39 Å². The zero-order valence-corrected chi connectivity index (χ0v) is 8.57. The highest BCUT2D eigenvalue weighted by atomic mass is 79.9. The van der Waals surface area contributed by atoms with Gasteiger partial charge in [0, 0.05) is 9.85 Å². The molecule has 0 heterocycles. The van der Waals surface area contributed by atoms with Crippen LogP contribution in [0.4, 0.5) is 4.39 Å². The highest BCUT2D eigenvalue weighted by Gasteiger charge is 2.37. The summed E-state index contributed by atoms with van der Waals surface area (Å²) in [4.78, 5) is 0.528. The van der Waals surface area contributed by atoms with Gasteiger partial charge in [0.15, 0.2) is 0 Å². The number of hydrogen-bond donors (Lipinski definition) is 0. The van der Waals surface area contributed by atoms with Crippen molar-refractivity contribution < 1.29 is 4.39 Å². The summed E-state index contributed by atoms with van der Waals surface area (Å²) in [7, 11) is 0. The van der Waals surface area contributed by atoms with E-state index in [-0.39, 0.29) is 5.82 Å². The largest absolute Gasteiger partial charge is 0.207 e. The van der Waals surface area contributed by atoms with Crippen LogP contribution in [0.2, 0.25) is 5.02 Å². The second-order valence-corrected chi connectivity index (χ2v) is 4.61. The molecular weight excluding hydrogens is 242 g/mol. The van der Waals surface area contributed by atoms with Crippen LogP contribution >= 0.6 is 27.5 Å². The van der Waals surface area contributed by atoms with Crippen LogP contribution in [-0.2, 0) is 0 Å². The Bertz CT molecular complexity index is 313. The molecule has 0 saturated heterocycles. The zero-order valence-electron chi connectivity index (χ0n) is 6.23. The van der Waals surface area contributed by atoms with Gasteiger partial charge in [-0.1, -0.05) is 33.6 Å². The lowest BCUT2D eigenvalue weighted by atomic mass is 10.1. The van der Waals surface area contributed by atoms with Crippen molar-refractivity contribution in [2.24, 2.45) is 0 Å². The first-order valence-electron chi connectivity index (χ1n) is 3.77. The van der Waals surface area contributed by atoms with Gasteiger partial charge in [0.2, 0.25) is 0 Å². The molecule has 0 unspecified atom stereocenters. The molecule has 0 spiro atoms. The lowest BCUT2D eigenvalue weighted by Crippen LogP contribution is -1.85. The summed E-state index contributed by atoms with van der Waals surface area (Å²) in [6.07, 6.45) is 1.10. The third-order valence-corrected chi connectivity index (χ3v) is 3.41. The van der Waals surface area contributed by atoms with Crippen molar-refractivity contribution in [3.05, 3.63) is 34.6 Å². The first kappa shape index (κ1) is 8.52. The predicted molar refractivity (Wildman–Crippen MR) is 51.5 cm³/mol. The molecule has 1 aliphatic carbocycles. The molecule has 0 bridgehead atoms. The minimum absolute atomic E-state index is 0.268. The Morgan fingerprint density at radius 2 is 2.17 bits per heavy atom. The highest BCUT2D eigenvalue weighted by Crippen LogP contribution is 2.48. The minimum atomic E-state index is -0.268. The van der Waals surface area contributed by atoms with E-state index < -0.39 is 0 Å². The zero-order chi connectivity index (χ0) is 8.72. The Labute approximate surface area is 83.9 Å². The van der Waals surface area contributed by atoms with Crippen LogP contribution in [0.1, 0.15) is 17.9 Å². The van der Waals surface area contributed by atoms with Crippen LogP contribution in [0, 0.1) is 5.82 Å². The Balaban J connectivity index is 2.33. The van der Waals surface area contributed by atoms with E-state index in [1.54, 1.807) is 6.07 Å². The van der Waals surface area contributed by atoms with Gasteiger partial charge in [-0.3, -0.25) is 0 Å². The van der Waals surface area contributed by atoms with Crippen LogP contribution in [0.15, 0.2) is 18.2 Å². The molecule has 0 amide bonds. The van der Waals surface area contributed by atoms with Crippen LogP contribution < -0.4 is 0 Å². The average Bonchev–Trinajstić information content (AvgIpc) is 2.66. The van der Waals surface area contributed by atoms with Crippen molar-refractivity contribution in [2.45, 2.75) is 17.2 Å². The van der Waals surface area contributed by atoms with Crippen molar-refractivity contribution >= 4 is 27.5 Å². The number of benzene rings is 1. The SMILES string of the molecule is Fc1ccc([C@@H]2C[C@H]2Br)c(Cl)c1. The Hall–Kier alpha value is -0.0800. The fourth-order valence-electron chi connectivity index (χ4n) is 1.29. The normalized spacial score (nSPS) is 27.2. The summed E-state index contributed by atoms with van der Waals surface area (Å²) >= 11 is 9.35. The monoisotopic (exact) mass is 248 g/mol. The Morgan fingerprint density at radius 1 is 1.50 bits per heavy atom. The molecule has 64 valence electrons. The Kier molecular flexibility index (Phi) is 2.13. The molecular formula is C9H7BrClF. The number of halogens is 3. The maximum absolute atomic E-state index is 12.6. The second kappa shape index (κ2) is 3.00. The average molecular weight is 250 g/mol. The van der Waals surface area contributed by atoms with Gasteiger partial charge in [0.1, 0.15) is 5.82 Å². The molecule has 2 rings (SSSR count). The van der Waals surface area contributed by atoms with Crippen LogP contribution in [0.5, 0.6) is 0 Å². The van der Waals surface area contributed by atoms with E-state index in [2.05, 4.69) is 15.9 Å². The highest BCUT2D eigenvalue weighted by molar-refractivity contribution is 9.09. The molecule has 1 aromatic rings. The minimum Gasteiger partial charge on any atom is -0.207 e. The first-order chi connectivity index (χ1) is 5.68. The van der Waals surface area contributed by atoms with Gasteiger partial charge >= 0.3 is 0 Å². The quantitative estimate of drug-likeness (QED) is 0.665. The predicted octanol–water partition coefficient (Wildman–Crippen LogP) is 3.73. The molecule has 0 aromatic heterocycles. The van der Waals surface area contributed by atoms with Gasteiger partial charge in [0.25, 0.3) is 0 Å². The maximum Gasteiger partial charge on any atom is 0.124 e. The lowest BCUT2D eigenvalue weighted by molar-refractivity contribution is 0.627. The van der Waals surface area contributed by atoms with E-state index in [4.69, 9.17) is 11.6 Å². The number of rotatable bonds is 1. The summed E-state index contributed by atoms with van der Waals surface area (Å²) in [5, 5.41) is 0.543. The van der Waals surface area contributed by atoms with Gasteiger partial charge in [-0.25, -0.2) is 4.39 Å². The molecule has 0 nitrogen and oxygen atoms in total. The Morgan fingerprint density at radius 3 is 2.67 bits per heavy atom. The third-order valence-electron chi connectivity index (χ3n) is 2.07. The van der Waals surface area contributed by atoms with E-state index in [1.165, 1.54) is 12.1 Å². The standard InChI is InChI=1S/C9H7BrClF/c10-8-4-7(8)6-2-1-5(12)3-9(6)11/h1-3,7-8H,4H2/t7-,8+/m0/s1.